The highest BCUT2D eigenvalue weighted by atomic mass is 16.6. The number of esters is 1. The van der Waals surface area contributed by atoms with Gasteiger partial charge in [-0.2, -0.15) is 0 Å². The van der Waals surface area contributed by atoms with Crippen LogP contribution in [0.1, 0.15) is 77.5 Å². The van der Waals surface area contributed by atoms with Crippen LogP contribution in [0.3, 0.4) is 0 Å². The van der Waals surface area contributed by atoms with Crippen LogP contribution in [-0.4, -0.2) is 57.0 Å². The lowest BCUT2D eigenvalue weighted by Gasteiger charge is -2.46. The van der Waals surface area contributed by atoms with E-state index in [1.165, 1.54) is 0 Å². The molecule has 62 heavy (non-hydrogen) atoms. The maximum Gasteiger partial charge on any atom is 0.324 e. The standard InChI is InChI=1S/C51H45N5O6/c57-28-29-61-41-23-13-10-20-36(41)47-51(37-30-33(26-27-38(37)55-50(51)60)25-24-32-14-4-1-5-15-32)43(48(58)52-31-42-53-39-21-11-12-22-40(39)54-42)45-49(59)62-46(35-18-8-3-9-19-35)44(56(45)47)34-16-6-2-7-17-34/h2-3,6-14,16-23,26-27,30,43-47,57H,1,4-5,15,28-29,31H2,(H,52,58)(H,53,54)(H,55,60). The second-order valence-corrected chi connectivity index (χ2v) is 16.2. The van der Waals surface area contributed by atoms with Gasteiger partial charge in [-0.3, -0.25) is 19.3 Å². The van der Waals surface area contributed by atoms with Gasteiger partial charge in [-0.25, -0.2) is 4.98 Å². The lowest BCUT2D eigenvalue weighted by atomic mass is 9.65. The summed E-state index contributed by atoms with van der Waals surface area (Å²) in [6.07, 6.45) is 5.47. The molecule has 0 radical (unpaired) electrons. The van der Waals surface area contributed by atoms with Crippen LogP contribution in [0, 0.1) is 17.8 Å². The molecule has 310 valence electrons. The molecule has 2 saturated heterocycles. The van der Waals surface area contributed by atoms with E-state index < -0.39 is 53.3 Å². The molecule has 3 aliphatic heterocycles. The average molecular weight is 824 g/mol. The Kier molecular flexibility index (Phi) is 10.4. The van der Waals surface area contributed by atoms with Crippen molar-refractivity contribution < 1.29 is 29.0 Å². The number of H-pyrrole nitrogens is 1. The van der Waals surface area contributed by atoms with E-state index in [-0.39, 0.29) is 19.8 Å². The average Bonchev–Trinajstić information content (AvgIpc) is 3.97. The fraction of sp³-hybridized carbons (Fsp3) is 0.255. The van der Waals surface area contributed by atoms with Crippen molar-refractivity contribution in [2.75, 3.05) is 18.5 Å². The number of para-hydroxylation sites is 3. The number of carbonyl (C=O) groups excluding carboxylic acids is 3. The van der Waals surface area contributed by atoms with Gasteiger partial charge in [-0.15, -0.1) is 0 Å². The van der Waals surface area contributed by atoms with Crippen molar-refractivity contribution in [1.29, 1.82) is 0 Å². The molecule has 6 aromatic rings. The molecule has 1 aliphatic carbocycles. The molecule has 4 N–H and O–H groups in total. The van der Waals surface area contributed by atoms with E-state index >= 15 is 14.4 Å². The van der Waals surface area contributed by atoms with Crippen molar-refractivity contribution in [2.24, 2.45) is 5.92 Å². The number of carbonyl (C=O) groups is 3. The maximum absolute atomic E-state index is 15.6. The number of imidazole rings is 1. The van der Waals surface area contributed by atoms with Gasteiger partial charge >= 0.3 is 5.97 Å². The third kappa shape index (κ3) is 6.72. The number of ether oxygens (including phenoxy) is 2. The monoisotopic (exact) mass is 823 g/mol. The fourth-order valence-corrected chi connectivity index (χ4v) is 10.1. The number of amides is 2. The number of allylic oxidation sites excluding steroid dienone is 2. The first-order valence-electron chi connectivity index (χ1n) is 21.2. The number of anilines is 1. The molecule has 10 rings (SSSR count). The zero-order valence-electron chi connectivity index (χ0n) is 33.9. The SMILES string of the molecule is O=C1OC(c2ccccc2)C(c2ccccc2)N2C1C(C(=O)NCc1nc3ccccc3[nH]1)C1(C(=O)Nc3ccc(C#CC4=CCCCC4)cc31)C2c1ccccc1OCCO. The molecule has 4 aliphatic rings. The number of hydrogen-bond acceptors (Lipinski definition) is 8. The lowest BCUT2D eigenvalue weighted by molar-refractivity contribution is -0.178. The smallest absolute Gasteiger partial charge is 0.324 e. The Hall–Kier alpha value is -7.00. The second-order valence-electron chi connectivity index (χ2n) is 16.2. The number of nitrogens with one attached hydrogen (secondary N) is 3. The van der Waals surface area contributed by atoms with Gasteiger partial charge in [-0.1, -0.05) is 109 Å². The topological polar surface area (TPSA) is 146 Å². The van der Waals surface area contributed by atoms with E-state index in [9.17, 15) is 5.11 Å². The van der Waals surface area contributed by atoms with Crippen LogP contribution in [0.5, 0.6) is 5.75 Å². The minimum absolute atomic E-state index is 0.00653. The number of aromatic nitrogens is 2. The van der Waals surface area contributed by atoms with E-state index in [0.29, 0.717) is 34.0 Å². The highest BCUT2D eigenvalue weighted by molar-refractivity contribution is 6.12. The Balaban J connectivity index is 1.22. The first-order valence-corrected chi connectivity index (χ1v) is 21.2. The number of hydrogen-bond donors (Lipinski definition) is 4. The van der Waals surface area contributed by atoms with E-state index in [2.05, 4.69) is 33.5 Å². The zero-order valence-corrected chi connectivity index (χ0v) is 33.9. The summed E-state index contributed by atoms with van der Waals surface area (Å²) >= 11 is 0. The molecule has 2 amide bonds. The number of aromatic amines is 1. The van der Waals surface area contributed by atoms with Gasteiger partial charge < -0.3 is 30.2 Å². The molecule has 0 saturated carbocycles. The van der Waals surface area contributed by atoms with Crippen molar-refractivity contribution in [3.8, 4) is 17.6 Å². The van der Waals surface area contributed by atoms with E-state index in [1.54, 1.807) is 6.07 Å². The highest BCUT2D eigenvalue weighted by Crippen LogP contribution is 2.65. The van der Waals surface area contributed by atoms with Crippen LogP contribution in [0.4, 0.5) is 5.69 Å². The summed E-state index contributed by atoms with van der Waals surface area (Å²) in [5, 5.41) is 16.3. The van der Waals surface area contributed by atoms with Crippen molar-refractivity contribution in [2.45, 2.75) is 61.9 Å². The van der Waals surface area contributed by atoms with Crippen molar-refractivity contribution >= 4 is 34.5 Å². The van der Waals surface area contributed by atoms with E-state index in [4.69, 9.17) is 14.5 Å². The normalized spacial score (nSPS) is 24.0. The van der Waals surface area contributed by atoms with Crippen LogP contribution in [0.2, 0.25) is 0 Å². The number of benzene rings is 5. The number of nitrogens with zero attached hydrogens (tertiary/aromatic N) is 2. The van der Waals surface area contributed by atoms with E-state index in [0.717, 1.165) is 53.4 Å². The van der Waals surface area contributed by atoms with Crippen molar-refractivity contribution in [3.05, 3.63) is 173 Å². The Labute approximate surface area is 359 Å². The third-order valence-corrected chi connectivity index (χ3v) is 12.7. The molecular weight excluding hydrogens is 779 g/mol. The number of aliphatic hydroxyl groups excluding tert-OH is 1. The molecular formula is C51H45N5O6. The molecule has 4 heterocycles. The van der Waals surface area contributed by atoms with Gasteiger partial charge in [0, 0.05) is 16.8 Å². The molecule has 1 aromatic heterocycles. The van der Waals surface area contributed by atoms with Crippen molar-refractivity contribution in [3.63, 3.8) is 0 Å². The summed E-state index contributed by atoms with van der Waals surface area (Å²) in [5.41, 5.74) is 4.80. The number of fused-ring (bicyclic) bond motifs is 4. The quantitative estimate of drug-likeness (QED) is 0.0874. The molecule has 0 bridgehead atoms. The predicted molar refractivity (Wildman–Crippen MR) is 233 cm³/mol. The minimum Gasteiger partial charge on any atom is -0.491 e. The Morgan fingerprint density at radius 2 is 1.65 bits per heavy atom. The Morgan fingerprint density at radius 3 is 2.42 bits per heavy atom. The van der Waals surface area contributed by atoms with Gasteiger partial charge in [0.2, 0.25) is 11.8 Å². The van der Waals surface area contributed by atoms with Crippen LogP contribution in [0.15, 0.2) is 139 Å². The molecule has 11 nitrogen and oxygen atoms in total. The van der Waals surface area contributed by atoms with Gasteiger partial charge in [0.05, 0.1) is 42.2 Å². The summed E-state index contributed by atoms with van der Waals surface area (Å²) in [6, 6.07) is 37.0. The first kappa shape index (κ1) is 39.2. The molecule has 6 unspecified atom stereocenters. The number of rotatable bonds is 9. The Morgan fingerprint density at radius 1 is 0.887 bits per heavy atom. The van der Waals surface area contributed by atoms with Crippen LogP contribution >= 0.6 is 0 Å². The van der Waals surface area contributed by atoms with Crippen LogP contribution < -0.4 is 15.4 Å². The largest absolute Gasteiger partial charge is 0.491 e. The van der Waals surface area contributed by atoms with Gasteiger partial charge in [0.25, 0.3) is 0 Å². The number of aliphatic hydroxyl groups is 1. The van der Waals surface area contributed by atoms with E-state index in [1.807, 2.05) is 126 Å². The summed E-state index contributed by atoms with van der Waals surface area (Å²) in [4.78, 5) is 56.4. The lowest BCUT2D eigenvalue weighted by Crippen LogP contribution is -2.54. The zero-order chi connectivity index (χ0) is 42.2. The second kappa shape index (κ2) is 16.5. The van der Waals surface area contributed by atoms with Crippen LogP contribution in [-0.2, 0) is 31.1 Å². The third-order valence-electron chi connectivity index (χ3n) is 12.7. The summed E-state index contributed by atoms with van der Waals surface area (Å²) in [5.74, 6) is 4.75. The number of morpholine rings is 1. The molecule has 6 atom stereocenters. The molecule has 11 heteroatoms. The predicted octanol–water partition coefficient (Wildman–Crippen LogP) is 7.37. The molecule has 1 spiro atoms. The van der Waals surface area contributed by atoms with Gasteiger partial charge in [0.15, 0.2) is 0 Å². The summed E-state index contributed by atoms with van der Waals surface area (Å²) in [6.45, 7) is -0.260. The first-order chi connectivity index (χ1) is 30.4. The number of cyclic esters (lactones) is 1. The Bertz CT molecular complexity index is 2740. The summed E-state index contributed by atoms with van der Waals surface area (Å²) < 4.78 is 12.8. The minimum atomic E-state index is -1.74. The summed E-state index contributed by atoms with van der Waals surface area (Å²) in [7, 11) is 0. The molecule has 2 fully saturated rings. The molecule has 5 aromatic carbocycles. The highest BCUT2D eigenvalue weighted by Gasteiger charge is 2.74. The fourth-order valence-electron chi connectivity index (χ4n) is 10.1. The van der Waals surface area contributed by atoms with Crippen LogP contribution in [0.25, 0.3) is 11.0 Å². The maximum atomic E-state index is 15.6. The van der Waals surface area contributed by atoms with Crippen molar-refractivity contribution in [1.82, 2.24) is 20.2 Å². The van der Waals surface area contributed by atoms with Gasteiger partial charge in [-0.05, 0) is 84.3 Å². The van der Waals surface area contributed by atoms with Gasteiger partial charge in [0.1, 0.15) is 35.7 Å².